The van der Waals surface area contributed by atoms with Crippen LogP contribution >= 0.6 is 0 Å². The predicted octanol–water partition coefficient (Wildman–Crippen LogP) is 0.942. The maximum Gasteiger partial charge on any atom is 0.234 e. The smallest absolute Gasteiger partial charge is 0.234 e. The number of carbonyl (C=O) groups excluding carboxylic acids is 2. The van der Waals surface area contributed by atoms with Crippen molar-refractivity contribution in [2.45, 2.75) is 19.4 Å². The first kappa shape index (κ1) is 14.8. The molecule has 0 radical (unpaired) electrons. The summed E-state index contributed by atoms with van der Waals surface area (Å²) < 4.78 is 10.6. The zero-order valence-corrected chi connectivity index (χ0v) is 12.8. The van der Waals surface area contributed by atoms with Crippen LogP contribution in [0.25, 0.3) is 0 Å². The van der Waals surface area contributed by atoms with Crippen molar-refractivity contribution >= 4 is 11.8 Å². The number of hydrogen-bond donors (Lipinski definition) is 1. The Balaban J connectivity index is 1.73. The van der Waals surface area contributed by atoms with Gasteiger partial charge in [0.2, 0.25) is 11.8 Å². The fraction of sp³-hybridized carbons (Fsp3) is 0.500. The van der Waals surface area contributed by atoms with Gasteiger partial charge in [-0.2, -0.15) is 0 Å². The van der Waals surface area contributed by atoms with Gasteiger partial charge in [-0.1, -0.05) is 6.07 Å². The first-order chi connectivity index (χ1) is 10.6. The molecule has 2 saturated heterocycles. The van der Waals surface area contributed by atoms with E-state index in [-0.39, 0.29) is 11.8 Å². The molecule has 1 spiro atoms. The number of carbonyl (C=O) groups is 2. The van der Waals surface area contributed by atoms with Crippen molar-refractivity contribution in [1.82, 2.24) is 10.2 Å². The second-order valence-corrected chi connectivity index (χ2v) is 5.97. The van der Waals surface area contributed by atoms with E-state index < -0.39 is 5.41 Å². The maximum atomic E-state index is 12.0. The first-order valence-corrected chi connectivity index (χ1v) is 7.34. The minimum atomic E-state index is -0.531. The van der Waals surface area contributed by atoms with Crippen LogP contribution in [0.2, 0.25) is 0 Å². The van der Waals surface area contributed by atoms with Crippen LogP contribution < -0.4 is 14.8 Å². The van der Waals surface area contributed by atoms with Gasteiger partial charge in [0.25, 0.3) is 0 Å². The molecule has 2 heterocycles. The number of rotatable bonds is 4. The van der Waals surface area contributed by atoms with Gasteiger partial charge in [0.15, 0.2) is 0 Å². The molecule has 118 valence electrons. The number of hydrogen-bond acceptors (Lipinski definition) is 5. The number of nitrogens with one attached hydrogen (secondary N) is 1. The second kappa shape index (κ2) is 5.61. The van der Waals surface area contributed by atoms with Crippen LogP contribution in [0.5, 0.6) is 11.5 Å². The Morgan fingerprint density at radius 1 is 1.27 bits per heavy atom. The average molecular weight is 304 g/mol. The van der Waals surface area contributed by atoms with Gasteiger partial charge in [-0.3, -0.25) is 19.8 Å². The van der Waals surface area contributed by atoms with Crippen molar-refractivity contribution in [1.29, 1.82) is 0 Å². The monoisotopic (exact) mass is 304 g/mol. The third-order valence-electron chi connectivity index (χ3n) is 4.55. The van der Waals surface area contributed by atoms with E-state index in [1.54, 1.807) is 14.2 Å². The summed E-state index contributed by atoms with van der Waals surface area (Å²) in [5.41, 5.74) is 0.515. The predicted molar refractivity (Wildman–Crippen MR) is 79.6 cm³/mol. The zero-order chi connectivity index (χ0) is 15.7. The summed E-state index contributed by atoms with van der Waals surface area (Å²) >= 11 is 0. The van der Waals surface area contributed by atoms with E-state index in [1.807, 2.05) is 18.2 Å². The van der Waals surface area contributed by atoms with E-state index in [4.69, 9.17) is 9.47 Å². The van der Waals surface area contributed by atoms with Crippen LogP contribution in [0.1, 0.15) is 18.4 Å². The summed E-state index contributed by atoms with van der Waals surface area (Å²) in [6.07, 6.45) is 1.03. The van der Waals surface area contributed by atoms with Crippen molar-refractivity contribution in [3.8, 4) is 11.5 Å². The second-order valence-electron chi connectivity index (χ2n) is 5.97. The van der Waals surface area contributed by atoms with Gasteiger partial charge >= 0.3 is 0 Å². The van der Waals surface area contributed by atoms with Gasteiger partial charge in [-0.15, -0.1) is 0 Å². The van der Waals surface area contributed by atoms with E-state index in [1.165, 1.54) is 0 Å². The molecule has 0 aromatic heterocycles. The highest BCUT2D eigenvalue weighted by Crippen LogP contribution is 2.38. The summed E-state index contributed by atoms with van der Waals surface area (Å²) in [5.74, 6) is 1.24. The highest BCUT2D eigenvalue weighted by atomic mass is 16.5. The SMILES string of the molecule is COc1ccc(CN2CC[C@@]3(CC(=O)NC3=O)C2)c(OC)c1. The topological polar surface area (TPSA) is 67.9 Å². The van der Waals surface area contributed by atoms with Crippen LogP contribution in [-0.2, 0) is 16.1 Å². The van der Waals surface area contributed by atoms with Crippen molar-refractivity contribution in [3.63, 3.8) is 0 Å². The number of imide groups is 1. The molecule has 6 heteroatoms. The van der Waals surface area contributed by atoms with Gasteiger partial charge in [0.1, 0.15) is 11.5 Å². The Labute approximate surface area is 129 Å². The molecule has 2 aliphatic rings. The Hall–Kier alpha value is -2.08. The molecule has 2 fully saturated rings. The standard InChI is InChI=1S/C16H20N2O4/c1-21-12-4-3-11(13(7-12)22-2)9-18-6-5-16(10-18)8-14(19)17-15(16)20/h3-4,7H,5-6,8-10H2,1-2H3,(H,17,19,20)/t16-/m1/s1. The van der Waals surface area contributed by atoms with Gasteiger partial charge in [0.05, 0.1) is 19.6 Å². The van der Waals surface area contributed by atoms with Crippen LogP contribution in [0.4, 0.5) is 0 Å². The molecule has 22 heavy (non-hydrogen) atoms. The lowest BCUT2D eigenvalue weighted by Crippen LogP contribution is -2.34. The molecular weight excluding hydrogens is 284 g/mol. The summed E-state index contributed by atoms with van der Waals surface area (Å²) in [5, 5.41) is 2.43. The number of amides is 2. The quantitative estimate of drug-likeness (QED) is 0.839. The Morgan fingerprint density at radius 2 is 2.09 bits per heavy atom. The number of methoxy groups -OCH3 is 2. The Morgan fingerprint density at radius 3 is 2.73 bits per heavy atom. The highest BCUT2D eigenvalue weighted by molar-refractivity contribution is 6.06. The van der Waals surface area contributed by atoms with E-state index in [9.17, 15) is 9.59 Å². The van der Waals surface area contributed by atoms with E-state index in [0.717, 1.165) is 30.0 Å². The fourth-order valence-corrected chi connectivity index (χ4v) is 3.34. The lowest BCUT2D eigenvalue weighted by atomic mass is 9.85. The molecule has 2 aliphatic heterocycles. The number of benzene rings is 1. The minimum absolute atomic E-state index is 0.123. The van der Waals surface area contributed by atoms with Crippen LogP contribution in [0.15, 0.2) is 18.2 Å². The van der Waals surface area contributed by atoms with Gasteiger partial charge < -0.3 is 9.47 Å². The third-order valence-corrected chi connectivity index (χ3v) is 4.55. The van der Waals surface area contributed by atoms with Crippen molar-refractivity contribution < 1.29 is 19.1 Å². The molecule has 1 N–H and O–H groups in total. The molecule has 2 amide bonds. The third kappa shape index (κ3) is 2.54. The van der Waals surface area contributed by atoms with Crippen molar-refractivity contribution in [2.24, 2.45) is 5.41 Å². The maximum absolute atomic E-state index is 12.0. The van der Waals surface area contributed by atoms with E-state index in [2.05, 4.69) is 10.2 Å². The molecular formula is C16H20N2O4. The fourth-order valence-electron chi connectivity index (χ4n) is 3.34. The first-order valence-electron chi connectivity index (χ1n) is 7.34. The summed E-state index contributed by atoms with van der Waals surface area (Å²) in [7, 11) is 3.25. The molecule has 0 unspecified atom stereocenters. The van der Waals surface area contributed by atoms with Crippen molar-refractivity contribution in [3.05, 3.63) is 23.8 Å². The summed E-state index contributed by atoms with van der Waals surface area (Å²) in [4.78, 5) is 25.7. The molecule has 0 bridgehead atoms. The average Bonchev–Trinajstić information content (AvgIpc) is 3.03. The van der Waals surface area contributed by atoms with Gasteiger partial charge in [0, 0.05) is 31.1 Å². The van der Waals surface area contributed by atoms with Crippen LogP contribution in [-0.4, -0.2) is 44.0 Å². The molecule has 0 aliphatic carbocycles. The summed E-state index contributed by atoms with van der Waals surface area (Å²) in [6.45, 7) is 2.10. The zero-order valence-electron chi connectivity index (χ0n) is 12.8. The number of likely N-dealkylation sites (tertiary alicyclic amines) is 1. The van der Waals surface area contributed by atoms with Gasteiger partial charge in [-0.25, -0.2) is 0 Å². The van der Waals surface area contributed by atoms with Gasteiger partial charge in [-0.05, 0) is 19.0 Å². The summed E-state index contributed by atoms with van der Waals surface area (Å²) in [6, 6.07) is 5.73. The molecule has 6 nitrogen and oxygen atoms in total. The highest BCUT2D eigenvalue weighted by Gasteiger charge is 2.50. The number of ether oxygens (including phenoxy) is 2. The molecule has 3 rings (SSSR count). The number of nitrogens with zero attached hydrogens (tertiary/aromatic N) is 1. The van der Waals surface area contributed by atoms with Crippen molar-refractivity contribution in [2.75, 3.05) is 27.3 Å². The Bertz CT molecular complexity index is 616. The lowest BCUT2D eigenvalue weighted by molar-refractivity contribution is -0.128. The van der Waals surface area contributed by atoms with Crippen LogP contribution in [0.3, 0.4) is 0 Å². The van der Waals surface area contributed by atoms with E-state index in [0.29, 0.717) is 19.5 Å². The molecule has 1 aromatic carbocycles. The molecule has 1 atom stereocenters. The lowest BCUT2D eigenvalue weighted by Gasteiger charge is -2.21. The van der Waals surface area contributed by atoms with Crippen LogP contribution in [0, 0.1) is 5.41 Å². The molecule has 1 aromatic rings. The normalized spacial score (nSPS) is 24.8. The van der Waals surface area contributed by atoms with E-state index >= 15 is 0 Å². The molecule has 0 saturated carbocycles. The largest absolute Gasteiger partial charge is 0.497 e. The minimum Gasteiger partial charge on any atom is -0.497 e. The Kier molecular flexibility index (Phi) is 3.78.